The van der Waals surface area contributed by atoms with E-state index in [-0.39, 0.29) is 23.9 Å². The molecule has 3 heterocycles. The fourth-order valence-corrected chi connectivity index (χ4v) is 2.15. The maximum Gasteiger partial charge on any atom is 0.319 e. The molecule has 0 aliphatic carbocycles. The van der Waals surface area contributed by atoms with E-state index in [1.54, 1.807) is 0 Å². The lowest BCUT2D eigenvalue weighted by Gasteiger charge is -2.09. The van der Waals surface area contributed by atoms with Crippen LogP contribution in [0.1, 0.15) is 6.42 Å². The molecular formula is C11H14N6O3. The normalized spacial score (nSPS) is 18.9. The van der Waals surface area contributed by atoms with Crippen molar-refractivity contribution in [1.29, 1.82) is 0 Å². The molecule has 1 aliphatic heterocycles. The van der Waals surface area contributed by atoms with Gasteiger partial charge in [-0.05, 0) is 0 Å². The maximum atomic E-state index is 11.8. The van der Waals surface area contributed by atoms with Gasteiger partial charge in [-0.1, -0.05) is 0 Å². The highest BCUT2D eigenvalue weighted by atomic mass is 16.5. The number of anilines is 1. The van der Waals surface area contributed by atoms with Gasteiger partial charge in [-0.25, -0.2) is 0 Å². The highest BCUT2D eigenvalue weighted by Gasteiger charge is 2.31. The summed E-state index contributed by atoms with van der Waals surface area (Å²) in [6.45, 7) is 0.397. The van der Waals surface area contributed by atoms with Crippen LogP contribution in [0.4, 0.5) is 5.95 Å². The zero-order valence-corrected chi connectivity index (χ0v) is 11.1. The lowest BCUT2D eigenvalue weighted by molar-refractivity contribution is -0.117. The number of carbonyl (C=O) groups is 1. The van der Waals surface area contributed by atoms with Gasteiger partial charge >= 0.3 is 6.01 Å². The number of methoxy groups -OCH3 is 2. The number of ether oxygens (including phenoxy) is 2. The summed E-state index contributed by atoms with van der Waals surface area (Å²) in [5, 5.41) is 4.25. The molecule has 9 heteroatoms. The topological polar surface area (TPSA) is 108 Å². The molecule has 1 fully saturated rings. The Bertz CT molecular complexity index is 628. The van der Waals surface area contributed by atoms with Crippen molar-refractivity contribution >= 4 is 17.5 Å². The molecule has 2 aromatic rings. The van der Waals surface area contributed by atoms with Crippen molar-refractivity contribution in [3.63, 3.8) is 0 Å². The number of amides is 1. The Morgan fingerprint density at radius 2 is 2.20 bits per heavy atom. The number of carbonyl (C=O) groups excluding carboxylic acids is 1. The van der Waals surface area contributed by atoms with Crippen LogP contribution in [0.2, 0.25) is 0 Å². The monoisotopic (exact) mass is 278 g/mol. The molecule has 106 valence electrons. The highest BCUT2D eigenvalue weighted by Crippen LogP contribution is 2.25. The Kier molecular flexibility index (Phi) is 2.90. The molecule has 1 unspecified atom stereocenters. The van der Waals surface area contributed by atoms with Gasteiger partial charge in [0.2, 0.25) is 11.6 Å². The van der Waals surface area contributed by atoms with Crippen LogP contribution in [-0.2, 0) is 4.79 Å². The number of nitrogens with zero attached hydrogens (tertiary/aromatic N) is 5. The molecule has 1 aliphatic rings. The van der Waals surface area contributed by atoms with Gasteiger partial charge in [0.15, 0.2) is 5.75 Å². The van der Waals surface area contributed by atoms with Crippen molar-refractivity contribution in [3.05, 3.63) is 6.20 Å². The maximum absolute atomic E-state index is 11.8. The first-order valence-electron chi connectivity index (χ1n) is 6.03. The zero-order valence-electron chi connectivity index (χ0n) is 11.1. The fourth-order valence-electron chi connectivity index (χ4n) is 2.15. The van der Waals surface area contributed by atoms with Gasteiger partial charge in [-0.2, -0.15) is 14.5 Å². The van der Waals surface area contributed by atoms with E-state index in [9.17, 15) is 4.79 Å². The zero-order chi connectivity index (χ0) is 14.3. The third kappa shape index (κ3) is 1.83. The standard InChI is InChI=1S/C11H14N6O3/c1-19-7-4-13-11(20-2)17-9(7)14-10(15-17)16-5-6(12)3-8(16)18/h4,6H,3,5,12H2,1-2H3. The van der Waals surface area contributed by atoms with Gasteiger partial charge in [0.1, 0.15) is 0 Å². The second-order valence-corrected chi connectivity index (χ2v) is 4.43. The van der Waals surface area contributed by atoms with Gasteiger partial charge in [0.25, 0.3) is 5.95 Å². The molecule has 0 bridgehead atoms. The summed E-state index contributed by atoms with van der Waals surface area (Å²) in [6, 6.07) is 0.0616. The van der Waals surface area contributed by atoms with Crippen LogP contribution in [0.25, 0.3) is 5.65 Å². The molecule has 9 nitrogen and oxygen atoms in total. The van der Waals surface area contributed by atoms with E-state index in [4.69, 9.17) is 15.2 Å². The van der Waals surface area contributed by atoms with Crippen molar-refractivity contribution in [2.75, 3.05) is 25.7 Å². The quantitative estimate of drug-likeness (QED) is 0.783. The fraction of sp³-hybridized carbons (Fsp3) is 0.455. The average molecular weight is 278 g/mol. The Morgan fingerprint density at radius 1 is 1.40 bits per heavy atom. The summed E-state index contributed by atoms with van der Waals surface area (Å²) in [4.78, 5) is 21.7. The molecule has 2 N–H and O–H groups in total. The van der Waals surface area contributed by atoms with Crippen LogP contribution >= 0.6 is 0 Å². The van der Waals surface area contributed by atoms with Gasteiger partial charge in [-0.3, -0.25) is 9.69 Å². The highest BCUT2D eigenvalue weighted by molar-refractivity contribution is 5.94. The van der Waals surface area contributed by atoms with Gasteiger partial charge < -0.3 is 15.2 Å². The number of fused-ring (bicyclic) bond motifs is 1. The van der Waals surface area contributed by atoms with E-state index < -0.39 is 0 Å². The van der Waals surface area contributed by atoms with Gasteiger partial charge in [0, 0.05) is 19.0 Å². The lowest BCUT2D eigenvalue weighted by atomic mass is 10.3. The molecule has 1 amide bonds. The van der Waals surface area contributed by atoms with E-state index >= 15 is 0 Å². The Balaban J connectivity index is 2.12. The lowest BCUT2D eigenvalue weighted by Crippen LogP contribution is -2.28. The van der Waals surface area contributed by atoms with Crippen molar-refractivity contribution in [1.82, 2.24) is 19.6 Å². The summed E-state index contributed by atoms with van der Waals surface area (Å²) < 4.78 is 11.7. The summed E-state index contributed by atoms with van der Waals surface area (Å²) >= 11 is 0. The van der Waals surface area contributed by atoms with Crippen molar-refractivity contribution < 1.29 is 14.3 Å². The molecule has 0 aromatic carbocycles. The minimum atomic E-state index is -0.198. The molecular weight excluding hydrogens is 264 g/mol. The van der Waals surface area contributed by atoms with Crippen LogP contribution in [0.5, 0.6) is 11.8 Å². The van der Waals surface area contributed by atoms with Crippen molar-refractivity contribution in [2.24, 2.45) is 5.73 Å². The molecule has 1 saturated heterocycles. The van der Waals surface area contributed by atoms with Gasteiger partial charge in [0.05, 0.1) is 20.4 Å². The number of hydrogen-bond acceptors (Lipinski definition) is 7. The van der Waals surface area contributed by atoms with Crippen molar-refractivity contribution in [2.45, 2.75) is 12.5 Å². The summed E-state index contributed by atoms with van der Waals surface area (Å²) in [5.41, 5.74) is 6.21. The molecule has 2 aromatic heterocycles. The first-order valence-corrected chi connectivity index (χ1v) is 6.03. The van der Waals surface area contributed by atoms with E-state index in [1.807, 2.05) is 0 Å². The molecule has 0 spiro atoms. The Morgan fingerprint density at radius 3 is 2.80 bits per heavy atom. The smallest absolute Gasteiger partial charge is 0.319 e. The Hall–Kier alpha value is -2.42. The molecule has 3 rings (SSSR count). The van der Waals surface area contributed by atoms with E-state index in [0.29, 0.717) is 24.4 Å². The number of rotatable bonds is 3. The first kappa shape index (κ1) is 12.6. The van der Waals surface area contributed by atoms with E-state index in [2.05, 4.69) is 15.1 Å². The second-order valence-electron chi connectivity index (χ2n) is 4.43. The van der Waals surface area contributed by atoms with Crippen LogP contribution < -0.4 is 20.1 Å². The predicted molar refractivity (Wildman–Crippen MR) is 68.8 cm³/mol. The number of nitrogens with two attached hydrogens (primary N) is 1. The summed E-state index contributed by atoms with van der Waals surface area (Å²) in [6.07, 6.45) is 1.78. The van der Waals surface area contributed by atoms with Crippen LogP contribution in [-0.4, -0.2) is 52.3 Å². The first-order chi connectivity index (χ1) is 9.63. The molecule has 1 atom stereocenters. The SMILES string of the molecule is COc1cnc(OC)n2nc(N3CC(N)CC3=O)nc12. The predicted octanol–water partition coefficient (Wildman–Crippen LogP) is -0.794. The van der Waals surface area contributed by atoms with Crippen LogP contribution in [0, 0.1) is 0 Å². The molecule has 20 heavy (non-hydrogen) atoms. The number of aromatic nitrogens is 4. The van der Waals surface area contributed by atoms with Crippen LogP contribution in [0.3, 0.4) is 0 Å². The minimum Gasteiger partial charge on any atom is -0.491 e. The van der Waals surface area contributed by atoms with Crippen molar-refractivity contribution in [3.8, 4) is 11.8 Å². The molecule has 0 radical (unpaired) electrons. The third-order valence-electron chi connectivity index (χ3n) is 3.09. The second kappa shape index (κ2) is 4.60. The van der Waals surface area contributed by atoms with E-state index in [1.165, 1.54) is 29.8 Å². The molecule has 0 saturated carbocycles. The largest absolute Gasteiger partial charge is 0.491 e. The Labute approximate surface area is 114 Å². The van der Waals surface area contributed by atoms with E-state index in [0.717, 1.165) is 0 Å². The summed E-state index contributed by atoms with van der Waals surface area (Å²) in [5.74, 6) is 0.618. The van der Waals surface area contributed by atoms with Gasteiger partial charge in [-0.15, -0.1) is 5.10 Å². The van der Waals surface area contributed by atoms with Crippen LogP contribution in [0.15, 0.2) is 6.20 Å². The average Bonchev–Trinajstić information content (AvgIpc) is 3.00. The summed E-state index contributed by atoms with van der Waals surface area (Å²) in [7, 11) is 2.99. The third-order valence-corrected chi connectivity index (χ3v) is 3.09. The minimum absolute atomic E-state index is 0.0979. The number of hydrogen-bond donors (Lipinski definition) is 1.